The van der Waals surface area contributed by atoms with Crippen LogP contribution < -0.4 is 20.5 Å². The molecule has 9 nitrogen and oxygen atoms in total. The summed E-state index contributed by atoms with van der Waals surface area (Å²) in [6.45, 7) is 5.43. The predicted octanol–water partition coefficient (Wildman–Crippen LogP) is 5.05. The molecule has 5 aliphatic heterocycles. The van der Waals surface area contributed by atoms with E-state index in [4.69, 9.17) is 9.47 Å². The summed E-state index contributed by atoms with van der Waals surface area (Å²) in [5.74, 6) is 2.13. The van der Waals surface area contributed by atoms with Gasteiger partial charge in [0.2, 0.25) is 11.8 Å². The van der Waals surface area contributed by atoms with Crippen molar-refractivity contribution in [3.05, 3.63) is 117 Å². The summed E-state index contributed by atoms with van der Waals surface area (Å²) in [4.78, 5) is 44.8. The number of aromatic nitrogens is 2. The van der Waals surface area contributed by atoms with Crippen LogP contribution in [0.5, 0.6) is 17.2 Å². The minimum atomic E-state index is -0.339. The van der Waals surface area contributed by atoms with Crippen molar-refractivity contribution in [1.82, 2.24) is 19.8 Å². The Bertz CT molecular complexity index is 1760. The van der Waals surface area contributed by atoms with E-state index >= 15 is 0 Å². The van der Waals surface area contributed by atoms with E-state index in [0.29, 0.717) is 56.8 Å². The average molecular weight is 607 g/mol. The van der Waals surface area contributed by atoms with Gasteiger partial charge in [-0.2, -0.15) is 4.98 Å². The van der Waals surface area contributed by atoms with Gasteiger partial charge in [0.1, 0.15) is 17.2 Å². The van der Waals surface area contributed by atoms with Crippen molar-refractivity contribution in [3.63, 3.8) is 0 Å². The highest BCUT2D eigenvalue weighted by molar-refractivity contribution is 5.78. The summed E-state index contributed by atoms with van der Waals surface area (Å²) in [5.41, 5.74) is 5.28. The van der Waals surface area contributed by atoms with Crippen molar-refractivity contribution in [2.75, 3.05) is 19.7 Å². The molecule has 8 bridgehead atoms. The van der Waals surface area contributed by atoms with Crippen molar-refractivity contribution in [3.8, 4) is 17.2 Å². The number of benzene rings is 3. The normalized spacial score (nSPS) is 16.7. The van der Waals surface area contributed by atoms with Crippen molar-refractivity contribution >= 4 is 11.8 Å². The van der Waals surface area contributed by atoms with Crippen LogP contribution in [0.3, 0.4) is 0 Å². The van der Waals surface area contributed by atoms with Gasteiger partial charge in [-0.15, -0.1) is 0 Å². The summed E-state index contributed by atoms with van der Waals surface area (Å²) in [5, 5.41) is 2.98. The molecule has 6 heterocycles. The summed E-state index contributed by atoms with van der Waals surface area (Å²) in [6, 6.07) is 23.3. The maximum absolute atomic E-state index is 13.9. The van der Waals surface area contributed by atoms with E-state index in [1.807, 2.05) is 72.5 Å². The molecule has 1 N–H and O–H groups in total. The average Bonchev–Trinajstić information content (AvgIpc) is 3.03. The van der Waals surface area contributed by atoms with Gasteiger partial charge in [0, 0.05) is 43.9 Å². The molecular weight excluding hydrogens is 568 g/mol. The lowest BCUT2D eigenvalue weighted by Crippen LogP contribution is -2.41. The van der Waals surface area contributed by atoms with E-state index in [-0.39, 0.29) is 36.5 Å². The largest absolute Gasteiger partial charge is 0.494 e. The van der Waals surface area contributed by atoms with Crippen LogP contribution in [0.15, 0.2) is 77.6 Å². The minimum Gasteiger partial charge on any atom is -0.494 e. The molecule has 0 spiro atoms. The first-order valence-corrected chi connectivity index (χ1v) is 15.6. The van der Waals surface area contributed by atoms with Gasteiger partial charge in [-0.1, -0.05) is 30.3 Å². The second kappa shape index (κ2) is 13.4. The molecule has 3 aromatic carbocycles. The number of carbonyl (C=O) groups excluding carboxylic acids is 2. The lowest BCUT2D eigenvalue weighted by Gasteiger charge is -2.38. The summed E-state index contributed by atoms with van der Waals surface area (Å²) < 4.78 is 13.9. The monoisotopic (exact) mass is 606 g/mol. The first-order valence-electron chi connectivity index (χ1n) is 15.6. The van der Waals surface area contributed by atoms with Crippen molar-refractivity contribution in [2.45, 2.75) is 58.5 Å². The van der Waals surface area contributed by atoms with Gasteiger partial charge in [-0.25, -0.2) is 4.79 Å². The molecule has 0 saturated heterocycles. The Morgan fingerprint density at radius 2 is 1.76 bits per heavy atom. The molecule has 5 aliphatic rings. The molecule has 0 fully saturated rings. The summed E-state index contributed by atoms with van der Waals surface area (Å²) in [6.07, 6.45) is 2.60. The number of hydrogen-bond donors (Lipinski definition) is 1. The van der Waals surface area contributed by atoms with E-state index in [2.05, 4.69) is 22.4 Å². The van der Waals surface area contributed by atoms with Gasteiger partial charge in [0.05, 0.1) is 12.6 Å². The van der Waals surface area contributed by atoms with Gasteiger partial charge in [-0.3, -0.25) is 14.2 Å². The Morgan fingerprint density at radius 3 is 2.58 bits per heavy atom. The molecule has 0 saturated carbocycles. The standard InChI is InChI=1S/C36H38N4O5/c1-24-21-25(2)39(36(43)38-24)19-16-34(42)40-18-15-27-22-31-12-13-32(27)35(40)28-5-3-6-30(23-28)44-20-4-17-37-33(41)14-9-26-7-10-29(45-31)11-8-26/h3,5-8,10-13,21-23,35H,4,9,14-20H2,1-2H3,(H,37,41). The van der Waals surface area contributed by atoms with Crippen LogP contribution in [0.2, 0.25) is 0 Å². The molecule has 9 heteroatoms. The number of nitrogens with one attached hydrogen (secondary N) is 1. The first-order chi connectivity index (χ1) is 21.8. The van der Waals surface area contributed by atoms with Crippen LogP contribution in [0.25, 0.3) is 0 Å². The quantitative estimate of drug-likeness (QED) is 0.350. The van der Waals surface area contributed by atoms with Crippen LogP contribution >= 0.6 is 0 Å². The highest BCUT2D eigenvalue weighted by Crippen LogP contribution is 2.39. The number of amides is 2. The second-order valence-corrected chi connectivity index (χ2v) is 11.7. The fourth-order valence-corrected chi connectivity index (χ4v) is 6.16. The Hall–Kier alpha value is -4.92. The number of carbonyl (C=O) groups is 2. The van der Waals surface area contributed by atoms with Gasteiger partial charge in [0.25, 0.3) is 0 Å². The van der Waals surface area contributed by atoms with Crippen LogP contribution in [0, 0.1) is 13.8 Å². The van der Waals surface area contributed by atoms with E-state index < -0.39 is 0 Å². The molecule has 232 valence electrons. The number of nitrogens with zero attached hydrogens (tertiary/aromatic N) is 3. The third kappa shape index (κ3) is 7.09. The molecule has 9 rings (SSSR count). The molecule has 1 atom stereocenters. The molecular formula is C36H38N4O5. The molecule has 0 radical (unpaired) electrons. The number of rotatable bonds is 3. The van der Waals surface area contributed by atoms with E-state index in [1.165, 1.54) is 0 Å². The van der Waals surface area contributed by atoms with Crippen LogP contribution in [-0.4, -0.2) is 46.0 Å². The lowest BCUT2D eigenvalue weighted by atomic mass is 9.87. The Morgan fingerprint density at radius 1 is 0.933 bits per heavy atom. The van der Waals surface area contributed by atoms with Crippen molar-refractivity contribution in [2.24, 2.45) is 0 Å². The van der Waals surface area contributed by atoms with E-state index in [9.17, 15) is 14.4 Å². The predicted molar refractivity (Wildman–Crippen MR) is 171 cm³/mol. The second-order valence-electron chi connectivity index (χ2n) is 11.7. The fourth-order valence-electron chi connectivity index (χ4n) is 6.16. The topological polar surface area (TPSA) is 103 Å². The number of aryl methyl sites for hydroxylation is 3. The Kier molecular flexibility index (Phi) is 8.96. The zero-order chi connectivity index (χ0) is 31.3. The van der Waals surface area contributed by atoms with Gasteiger partial charge < -0.3 is 19.7 Å². The molecule has 45 heavy (non-hydrogen) atoms. The Balaban J connectivity index is 1.32. The maximum Gasteiger partial charge on any atom is 0.347 e. The maximum atomic E-state index is 13.9. The summed E-state index contributed by atoms with van der Waals surface area (Å²) in [7, 11) is 0. The minimum absolute atomic E-state index is 0.0141. The van der Waals surface area contributed by atoms with Gasteiger partial charge in [-0.05, 0) is 97.8 Å². The zero-order valence-corrected chi connectivity index (χ0v) is 25.8. The van der Waals surface area contributed by atoms with Crippen LogP contribution in [0.1, 0.15) is 58.9 Å². The Labute approximate surface area is 262 Å². The zero-order valence-electron chi connectivity index (χ0n) is 25.8. The lowest BCUT2D eigenvalue weighted by molar-refractivity contribution is -0.133. The van der Waals surface area contributed by atoms with Crippen molar-refractivity contribution in [1.29, 1.82) is 0 Å². The summed E-state index contributed by atoms with van der Waals surface area (Å²) >= 11 is 0. The van der Waals surface area contributed by atoms with Crippen molar-refractivity contribution < 1.29 is 19.1 Å². The van der Waals surface area contributed by atoms with E-state index in [1.54, 1.807) is 11.5 Å². The number of hydrogen-bond acceptors (Lipinski definition) is 6. The molecule has 1 aromatic heterocycles. The highest BCUT2D eigenvalue weighted by atomic mass is 16.5. The van der Waals surface area contributed by atoms with Crippen LogP contribution in [-0.2, 0) is 29.0 Å². The molecule has 1 unspecified atom stereocenters. The number of ether oxygens (including phenoxy) is 2. The van der Waals surface area contributed by atoms with Gasteiger partial charge in [0.15, 0.2) is 0 Å². The molecule has 2 amide bonds. The highest BCUT2D eigenvalue weighted by Gasteiger charge is 2.32. The third-order valence-electron chi connectivity index (χ3n) is 8.44. The SMILES string of the molecule is Cc1cc(C)n(CCC(=O)N2CCc3cc4ccc3C2c2cccc(c2)OCCCNC(=O)CCc2ccc(cc2)O4)c(=O)n1. The first kappa shape index (κ1) is 30.1. The molecule has 0 aliphatic carbocycles. The van der Waals surface area contributed by atoms with Crippen LogP contribution in [0.4, 0.5) is 0 Å². The molecule has 4 aromatic rings. The fraction of sp³-hybridized carbons (Fsp3) is 0.333. The smallest absolute Gasteiger partial charge is 0.347 e. The van der Waals surface area contributed by atoms with E-state index in [0.717, 1.165) is 39.4 Å². The van der Waals surface area contributed by atoms with Gasteiger partial charge >= 0.3 is 5.69 Å². The third-order valence-corrected chi connectivity index (χ3v) is 8.44.